The topological polar surface area (TPSA) is 50.7 Å². The number of ether oxygens (including phenoxy) is 2. The summed E-state index contributed by atoms with van der Waals surface area (Å²) in [5.41, 5.74) is 0.997. The van der Waals surface area contributed by atoms with Crippen LogP contribution in [0, 0.1) is 0 Å². The number of methoxy groups -OCH3 is 1. The standard InChI is InChI=1S/C13H20BrNO3/c1-4-18-13-10(8-15-7-9(2)16)11(14)5-6-12(13)17-3/h5-6,9,15-16H,4,7-8H2,1-3H3. The summed E-state index contributed by atoms with van der Waals surface area (Å²) in [6.07, 6.45) is -0.370. The van der Waals surface area contributed by atoms with Crippen molar-refractivity contribution in [3.63, 3.8) is 0 Å². The van der Waals surface area contributed by atoms with E-state index in [4.69, 9.17) is 9.47 Å². The Morgan fingerprint density at radius 2 is 2.17 bits per heavy atom. The maximum atomic E-state index is 9.24. The van der Waals surface area contributed by atoms with Crippen LogP contribution in [0.25, 0.3) is 0 Å². The van der Waals surface area contributed by atoms with Crippen LogP contribution in [0.2, 0.25) is 0 Å². The predicted molar refractivity (Wildman–Crippen MR) is 75.3 cm³/mol. The number of nitrogens with one attached hydrogen (secondary N) is 1. The van der Waals surface area contributed by atoms with Crippen molar-refractivity contribution in [1.29, 1.82) is 0 Å². The van der Waals surface area contributed by atoms with E-state index in [1.807, 2.05) is 19.1 Å². The summed E-state index contributed by atoms with van der Waals surface area (Å²) >= 11 is 3.51. The van der Waals surface area contributed by atoms with Gasteiger partial charge in [0.1, 0.15) is 0 Å². The zero-order valence-corrected chi connectivity index (χ0v) is 12.6. The normalized spacial score (nSPS) is 12.3. The average Bonchev–Trinajstić information content (AvgIpc) is 2.33. The molecule has 0 saturated carbocycles. The molecule has 0 bridgehead atoms. The van der Waals surface area contributed by atoms with Gasteiger partial charge in [0, 0.05) is 23.1 Å². The zero-order valence-electron chi connectivity index (χ0n) is 11.0. The highest BCUT2D eigenvalue weighted by molar-refractivity contribution is 9.10. The van der Waals surface area contributed by atoms with Crippen LogP contribution in [-0.4, -0.2) is 31.5 Å². The van der Waals surface area contributed by atoms with Crippen molar-refractivity contribution < 1.29 is 14.6 Å². The summed E-state index contributed by atoms with van der Waals surface area (Å²) in [7, 11) is 1.62. The minimum absolute atomic E-state index is 0.370. The number of aliphatic hydroxyl groups is 1. The molecule has 1 unspecified atom stereocenters. The lowest BCUT2D eigenvalue weighted by Crippen LogP contribution is -2.24. The van der Waals surface area contributed by atoms with Crippen molar-refractivity contribution in [2.75, 3.05) is 20.3 Å². The molecular formula is C13H20BrNO3. The molecule has 0 saturated heterocycles. The molecule has 1 aromatic carbocycles. The van der Waals surface area contributed by atoms with E-state index in [1.54, 1.807) is 14.0 Å². The van der Waals surface area contributed by atoms with E-state index in [1.165, 1.54) is 0 Å². The van der Waals surface area contributed by atoms with E-state index >= 15 is 0 Å². The zero-order chi connectivity index (χ0) is 13.5. The Morgan fingerprint density at radius 1 is 1.44 bits per heavy atom. The van der Waals surface area contributed by atoms with Gasteiger partial charge in [0.15, 0.2) is 11.5 Å². The Kier molecular flexibility index (Phi) is 6.46. The molecule has 1 atom stereocenters. The lowest BCUT2D eigenvalue weighted by atomic mass is 10.1. The molecule has 1 aromatic rings. The van der Waals surface area contributed by atoms with Crippen LogP contribution in [0.4, 0.5) is 0 Å². The molecule has 18 heavy (non-hydrogen) atoms. The van der Waals surface area contributed by atoms with Gasteiger partial charge in [-0.3, -0.25) is 0 Å². The van der Waals surface area contributed by atoms with Gasteiger partial charge in [-0.05, 0) is 26.0 Å². The fourth-order valence-corrected chi connectivity index (χ4v) is 2.07. The van der Waals surface area contributed by atoms with Crippen molar-refractivity contribution in [2.24, 2.45) is 0 Å². The van der Waals surface area contributed by atoms with E-state index in [0.717, 1.165) is 15.8 Å². The van der Waals surface area contributed by atoms with Gasteiger partial charge >= 0.3 is 0 Å². The van der Waals surface area contributed by atoms with Gasteiger partial charge in [0.2, 0.25) is 0 Å². The van der Waals surface area contributed by atoms with E-state index in [2.05, 4.69) is 21.2 Å². The maximum Gasteiger partial charge on any atom is 0.166 e. The van der Waals surface area contributed by atoms with E-state index in [0.29, 0.717) is 25.4 Å². The highest BCUT2D eigenvalue weighted by Gasteiger charge is 2.14. The van der Waals surface area contributed by atoms with E-state index < -0.39 is 0 Å². The minimum atomic E-state index is -0.370. The largest absolute Gasteiger partial charge is 0.493 e. The van der Waals surface area contributed by atoms with Crippen molar-refractivity contribution in [3.05, 3.63) is 22.2 Å². The molecule has 0 aliphatic carbocycles. The number of aliphatic hydroxyl groups excluding tert-OH is 1. The lowest BCUT2D eigenvalue weighted by Gasteiger charge is -2.16. The van der Waals surface area contributed by atoms with Crippen LogP contribution in [0.1, 0.15) is 19.4 Å². The Morgan fingerprint density at radius 3 is 2.72 bits per heavy atom. The fraction of sp³-hybridized carbons (Fsp3) is 0.538. The SMILES string of the molecule is CCOc1c(OC)ccc(Br)c1CNCC(C)O. The Labute approximate surface area is 116 Å². The van der Waals surface area contributed by atoms with Gasteiger partial charge in [0.05, 0.1) is 19.8 Å². The summed E-state index contributed by atoms with van der Waals surface area (Å²) < 4.78 is 11.9. The van der Waals surface area contributed by atoms with Crippen molar-refractivity contribution in [2.45, 2.75) is 26.5 Å². The highest BCUT2D eigenvalue weighted by atomic mass is 79.9. The fourth-order valence-electron chi connectivity index (χ4n) is 1.62. The molecular weight excluding hydrogens is 298 g/mol. The van der Waals surface area contributed by atoms with E-state index in [-0.39, 0.29) is 6.10 Å². The van der Waals surface area contributed by atoms with Crippen LogP contribution in [0.3, 0.4) is 0 Å². The molecule has 2 N–H and O–H groups in total. The third-order valence-corrected chi connectivity index (χ3v) is 3.16. The number of hydrogen-bond acceptors (Lipinski definition) is 4. The van der Waals surface area contributed by atoms with Gasteiger partial charge in [-0.1, -0.05) is 15.9 Å². The Balaban J connectivity index is 2.91. The predicted octanol–water partition coefficient (Wildman–Crippen LogP) is 2.33. The molecule has 0 aliphatic heterocycles. The van der Waals surface area contributed by atoms with Crippen molar-refractivity contribution in [3.8, 4) is 11.5 Å². The molecule has 0 radical (unpaired) electrons. The average molecular weight is 318 g/mol. The van der Waals surface area contributed by atoms with Gasteiger partial charge < -0.3 is 19.9 Å². The summed E-state index contributed by atoms with van der Waals surface area (Å²) in [5, 5.41) is 12.4. The molecule has 0 aromatic heterocycles. The molecule has 102 valence electrons. The molecule has 0 spiro atoms. The smallest absolute Gasteiger partial charge is 0.166 e. The second-order valence-electron chi connectivity index (χ2n) is 3.97. The van der Waals surface area contributed by atoms with Crippen molar-refractivity contribution >= 4 is 15.9 Å². The number of benzene rings is 1. The number of rotatable bonds is 7. The molecule has 4 nitrogen and oxygen atoms in total. The molecule has 0 fully saturated rings. The van der Waals surface area contributed by atoms with Crippen molar-refractivity contribution in [1.82, 2.24) is 5.32 Å². The summed E-state index contributed by atoms with van der Waals surface area (Å²) in [5.74, 6) is 1.46. The lowest BCUT2D eigenvalue weighted by molar-refractivity contribution is 0.190. The first kappa shape index (κ1) is 15.3. The van der Waals surface area contributed by atoms with Gasteiger partial charge in [-0.25, -0.2) is 0 Å². The Hall–Kier alpha value is -0.780. The van der Waals surface area contributed by atoms with Crippen LogP contribution in [0.15, 0.2) is 16.6 Å². The van der Waals surface area contributed by atoms with Crippen LogP contribution in [0.5, 0.6) is 11.5 Å². The van der Waals surface area contributed by atoms with Gasteiger partial charge in [0.25, 0.3) is 0 Å². The monoisotopic (exact) mass is 317 g/mol. The highest BCUT2D eigenvalue weighted by Crippen LogP contribution is 2.36. The van der Waals surface area contributed by atoms with E-state index in [9.17, 15) is 5.11 Å². The first-order chi connectivity index (χ1) is 8.60. The third-order valence-electron chi connectivity index (χ3n) is 2.42. The summed E-state index contributed by atoms with van der Waals surface area (Å²) in [6, 6.07) is 3.80. The summed E-state index contributed by atoms with van der Waals surface area (Å²) in [4.78, 5) is 0. The van der Waals surface area contributed by atoms with Crippen LogP contribution < -0.4 is 14.8 Å². The maximum absolute atomic E-state index is 9.24. The van der Waals surface area contributed by atoms with Gasteiger partial charge in [-0.15, -0.1) is 0 Å². The van der Waals surface area contributed by atoms with Crippen LogP contribution >= 0.6 is 15.9 Å². The van der Waals surface area contributed by atoms with Crippen LogP contribution in [-0.2, 0) is 6.54 Å². The molecule has 5 heteroatoms. The summed E-state index contributed by atoms with van der Waals surface area (Å²) in [6.45, 7) is 5.41. The quantitative estimate of drug-likeness (QED) is 0.810. The minimum Gasteiger partial charge on any atom is -0.493 e. The van der Waals surface area contributed by atoms with Gasteiger partial charge in [-0.2, -0.15) is 0 Å². The second-order valence-corrected chi connectivity index (χ2v) is 4.82. The third kappa shape index (κ3) is 4.15. The number of hydrogen-bond donors (Lipinski definition) is 2. The number of halogens is 1. The Bertz CT molecular complexity index is 383. The molecule has 0 aliphatic rings. The first-order valence-corrected chi connectivity index (χ1v) is 6.76. The second kappa shape index (κ2) is 7.61. The first-order valence-electron chi connectivity index (χ1n) is 5.97. The molecule has 0 amide bonds. The molecule has 1 rings (SSSR count). The molecule has 0 heterocycles.